The van der Waals surface area contributed by atoms with Crippen LogP contribution in [0.1, 0.15) is 5.82 Å². The molecule has 0 aliphatic carbocycles. The average molecular weight is 391 g/mol. The molecule has 0 bridgehead atoms. The number of nitrogens with zero attached hydrogens (tertiary/aromatic N) is 4. The van der Waals surface area contributed by atoms with Crippen LogP contribution in [0.3, 0.4) is 0 Å². The van der Waals surface area contributed by atoms with E-state index in [2.05, 4.69) is 30.9 Å². The minimum atomic E-state index is -0.278. The Hall–Kier alpha value is -3.72. The van der Waals surface area contributed by atoms with E-state index in [0.29, 0.717) is 11.5 Å². The van der Waals surface area contributed by atoms with Gasteiger partial charge in [-0.25, -0.2) is 19.7 Å². The van der Waals surface area contributed by atoms with Crippen LogP contribution in [0.5, 0.6) is 0 Å². The molecule has 0 radical (unpaired) electrons. The van der Waals surface area contributed by atoms with Crippen LogP contribution in [0.2, 0.25) is 0 Å². The molecule has 2 amide bonds. The van der Waals surface area contributed by atoms with Crippen molar-refractivity contribution in [1.29, 1.82) is 0 Å². The topological polar surface area (TPSA) is 96.8 Å². The van der Waals surface area contributed by atoms with Gasteiger partial charge in [0, 0.05) is 29.8 Å². The van der Waals surface area contributed by atoms with Gasteiger partial charge >= 0.3 is 6.03 Å². The summed E-state index contributed by atoms with van der Waals surface area (Å²) in [6.07, 6.45) is 5.08. The maximum absolute atomic E-state index is 12.0. The molecule has 28 heavy (non-hydrogen) atoms. The highest BCUT2D eigenvalue weighted by molar-refractivity contribution is 7.14. The third-order valence-electron chi connectivity index (χ3n) is 3.90. The number of carbonyl (C=O) groups is 1. The summed E-state index contributed by atoms with van der Waals surface area (Å²) in [5, 5.41) is 11.5. The lowest BCUT2D eigenvalue weighted by molar-refractivity contribution is 0.262. The molecule has 4 aromatic rings. The van der Waals surface area contributed by atoms with Crippen LogP contribution >= 0.6 is 11.3 Å². The van der Waals surface area contributed by atoms with Crippen molar-refractivity contribution in [2.75, 3.05) is 16.0 Å². The maximum atomic E-state index is 12.0. The van der Waals surface area contributed by atoms with Gasteiger partial charge in [0.2, 0.25) is 0 Å². The van der Waals surface area contributed by atoms with Crippen molar-refractivity contribution in [3.05, 3.63) is 72.4 Å². The molecule has 3 N–H and O–H groups in total. The lowest BCUT2D eigenvalue weighted by Crippen LogP contribution is -2.18. The van der Waals surface area contributed by atoms with E-state index in [1.165, 1.54) is 17.7 Å². The summed E-state index contributed by atoms with van der Waals surface area (Å²) in [6.45, 7) is 1.91. The van der Waals surface area contributed by atoms with E-state index in [-0.39, 0.29) is 6.03 Å². The Labute approximate surface area is 165 Å². The van der Waals surface area contributed by atoms with E-state index in [0.717, 1.165) is 22.3 Å². The third kappa shape index (κ3) is 4.15. The highest BCUT2D eigenvalue weighted by Gasteiger charge is 2.06. The second kappa shape index (κ2) is 7.89. The number of hydrogen-bond acceptors (Lipinski definition) is 6. The van der Waals surface area contributed by atoms with Gasteiger partial charge in [0.25, 0.3) is 0 Å². The molecule has 0 atom stereocenters. The zero-order valence-electron chi connectivity index (χ0n) is 15.0. The Balaban J connectivity index is 1.41. The van der Waals surface area contributed by atoms with Crippen LogP contribution < -0.4 is 16.0 Å². The summed E-state index contributed by atoms with van der Waals surface area (Å²) in [5.74, 6) is 2.24. The van der Waals surface area contributed by atoms with E-state index in [4.69, 9.17) is 0 Å². The molecule has 8 nitrogen and oxygen atoms in total. The molecule has 3 heterocycles. The number of anilines is 4. The number of hydrogen-bond donors (Lipinski definition) is 3. The summed E-state index contributed by atoms with van der Waals surface area (Å²) >= 11 is 1.47. The first-order chi connectivity index (χ1) is 13.7. The first kappa shape index (κ1) is 17.7. The molecule has 0 saturated carbocycles. The second-order valence-electron chi connectivity index (χ2n) is 5.86. The number of thiophene rings is 1. The van der Waals surface area contributed by atoms with Gasteiger partial charge in [-0.1, -0.05) is 0 Å². The molecule has 0 saturated heterocycles. The molecule has 3 aromatic heterocycles. The van der Waals surface area contributed by atoms with Crippen LogP contribution in [0.25, 0.3) is 5.82 Å². The predicted octanol–water partition coefficient (Wildman–Crippen LogP) is 4.42. The van der Waals surface area contributed by atoms with Crippen molar-refractivity contribution >= 4 is 39.6 Å². The van der Waals surface area contributed by atoms with Crippen molar-refractivity contribution in [3.63, 3.8) is 0 Å². The first-order valence-electron chi connectivity index (χ1n) is 8.48. The summed E-state index contributed by atoms with van der Waals surface area (Å²) in [4.78, 5) is 24.7. The van der Waals surface area contributed by atoms with E-state index in [1.54, 1.807) is 6.20 Å². The lowest BCUT2D eigenvalue weighted by Gasteiger charge is -2.10. The Morgan fingerprint density at radius 2 is 1.86 bits per heavy atom. The number of nitrogens with one attached hydrogen (secondary N) is 3. The van der Waals surface area contributed by atoms with Crippen molar-refractivity contribution in [3.8, 4) is 5.82 Å². The molecule has 140 valence electrons. The van der Waals surface area contributed by atoms with E-state index >= 15 is 0 Å². The van der Waals surface area contributed by atoms with Crippen molar-refractivity contribution in [2.24, 2.45) is 0 Å². The zero-order valence-corrected chi connectivity index (χ0v) is 15.8. The van der Waals surface area contributed by atoms with E-state index in [1.807, 2.05) is 65.5 Å². The van der Waals surface area contributed by atoms with Gasteiger partial charge in [-0.15, -0.1) is 11.3 Å². The number of imidazole rings is 1. The highest BCUT2D eigenvalue weighted by Crippen LogP contribution is 2.20. The average Bonchev–Trinajstić information content (AvgIpc) is 3.35. The Morgan fingerprint density at radius 3 is 2.57 bits per heavy atom. The Morgan fingerprint density at radius 1 is 1.04 bits per heavy atom. The Kier molecular flexibility index (Phi) is 4.98. The lowest BCUT2D eigenvalue weighted by atomic mass is 10.3. The van der Waals surface area contributed by atoms with Gasteiger partial charge in [-0.05, 0) is 48.7 Å². The molecule has 0 fully saturated rings. The minimum absolute atomic E-state index is 0.278. The first-order valence-corrected chi connectivity index (χ1v) is 9.36. The third-order valence-corrected chi connectivity index (χ3v) is 4.68. The van der Waals surface area contributed by atoms with Crippen molar-refractivity contribution in [2.45, 2.75) is 6.92 Å². The number of benzene rings is 1. The standard InChI is InChI=1S/C19H17N7OS/c1-13-20-8-9-26(13)17-11-16(21-12-22-17)23-14-4-6-15(7-5-14)24-19(27)25-18-3-2-10-28-18/h2-12H,1H3,(H,21,22,23)(H2,24,25,27). The number of urea groups is 1. The smallest absolute Gasteiger partial charge is 0.324 e. The number of amides is 2. The van der Waals surface area contributed by atoms with Gasteiger partial charge in [-0.3, -0.25) is 9.88 Å². The van der Waals surface area contributed by atoms with Crippen LogP contribution in [-0.2, 0) is 0 Å². The summed E-state index contributed by atoms with van der Waals surface area (Å²) in [6, 6.07) is 12.7. The van der Waals surface area contributed by atoms with Crippen LogP contribution in [-0.4, -0.2) is 25.6 Å². The minimum Gasteiger partial charge on any atom is -0.340 e. The molecule has 4 rings (SSSR count). The van der Waals surface area contributed by atoms with E-state index in [9.17, 15) is 4.79 Å². The molecule has 9 heteroatoms. The van der Waals surface area contributed by atoms with Crippen LogP contribution in [0.4, 0.5) is 27.0 Å². The summed E-state index contributed by atoms with van der Waals surface area (Å²) < 4.78 is 1.88. The molecule has 0 aliphatic rings. The number of rotatable bonds is 5. The normalized spacial score (nSPS) is 10.5. The highest BCUT2D eigenvalue weighted by atomic mass is 32.1. The monoisotopic (exact) mass is 391 g/mol. The zero-order chi connectivity index (χ0) is 19.3. The Bertz CT molecular complexity index is 1070. The summed E-state index contributed by atoms with van der Waals surface area (Å²) in [5.41, 5.74) is 1.54. The molecule has 0 aliphatic heterocycles. The fourth-order valence-corrected chi connectivity index (χ4v) is 3.19. The van der Waals surface area contributed by atoms with Crippen molar-refractivity contribution in [1.82, 2.24) is 19.5 Å². The SMILES string of the molecule is Cc1nccn1-c1cc(Nc2ccc(NC(=O)Nc3cccs3)cc2)ncn1. The fraction of sp³-hybridized carbons (Fsp3) is 0.0526. The maximum Gasteiger partial charge on any atom is 0.324 e. The van der Waals surface area contributed by atoms with Crippen molar-refractivity contribution < 1.29 is 4.79 Å². The number of aryl methyl sites for hydroxylation is 1. The molecular weight excluding hydrogens is 374 g/mol. The number of aromatic nitrogens is 4. The number of carbonyl (C=O) groups excluding carboxylic acids is 1. The molecule has 1 aromatic carbocycles. The molecule has 0 unspecified atom stereocenters. The van der Waals surface area contributed by atoms with Gasteiger partial charge < -0.3 is 10.6 Å². The van der Waals surface area contributed by atoms with Gasteiger partial charge in [0.15, 0.2) is 0 Å². The fourth-order valence-electron chi connectivity index (χ4n) is 2.58. The molecule has 0 spiro atoms. The van der Waals surface area contributed by atoms with Gasteiger partial charge in [-0.2, -0.15) is 0 Å². The molecular formula is C19H17N7OS. The largest absolute Gasteiger partial charge is 0.340 e. The quantitative estimate of drug-likeness (QED) is 0.468. The van der Waals surface area contributed by atoms with Gasteiger partial charge in [0.1, 0.15) is 23.8 Å². The van der Waals surface area contributed by atoms with E-state index < -0.39 is 0 Å². The van der Waals surface area contributed by atoms with Crippen LogP contribution in [0.15, 0.2) is 66.6 Å². The van der Waals surface area contributed by atoms with Crippen LogP contribution in [0, 0.1) is 6.92 Å². The predicted molar refractivity (Wildman–Crippen MR) is 111 cm³/mol. The summed E-state index contributed by atoms with van der Waals surface area (Å²) in [7, 11) is 0. The second-order valence-corrected chi connectivity index (χ2v) is 6.81. The van der Waals surface area contributed by atoms with Gasteiger partial charge in [0.05, 0.1) is 5.00 Å².